The molecule has 1 amide bonds. The van der Waals surface area contributed by atoms with Gasteiger partial charge in [-0.3, -0.25) is 4.79 Å². The first-order valence-electron chi connectivity index (χ1n) is 8.56. The Morgan fingerprint density at radius 2 is 2.20 bits per heavy atom. The molecule has 1 fully saturated rings. The molecule has 1 aliphatic heterocycles. The first-order chi connectivity index (χ1) is 12.2. The summed E-state index contributed by atoms with van der Waals surface area (Å²) in [4.78, 5) is 12.9. The van der Waals surface area contributed by atoms with Gasteiger partial charge < -0.3 is 15.4 Å². The van der Waals surface area contributed by atoms with Crippen LogP contribution in [-0.2, 0) is 16.1 Å². The number of hydrogen-bond donors (Lipinski definition) is 2. The van der Waals surface area contributed by atoms with E-state index < -0.39 is 5.41 Å². The largest absolute Gasteiger partial charge is 0.384 e. The van der Waals surface area contributed by atoms with Crippen molar-refractivity contribution in [3.8, 4) is 11.4 Å². The van der Waals surface area contributed by atoms with Gasteiger partial charge in [0.15, 0.2) is 5.82 Å². The van der Waals surface area contributed by atoms with Crippen molar-refractivity contribution < 1.29 is 9.53 Å². The van der Waals surface area contributed by atoms with E-state index >= 15 is 0 Å². The zero-order chi connectivity index (χ0) is 17.7. The lowest BCUT2D eigenvalue weighted by molar-refractivity contribution is -0.130. The van der Waals surface area contributed by atoms with E-state index in [0.717, 1.165) is 37.2 Å². The maximum atomic E-state index is 12.9. The number of carbonyl (C=O) groups excluding carboxylic acids is 1. The first-order valence-corrected chi connectivity index (χ1v) is 8.56. The summed E-state index contributed by atoms with van der Waals surface area (Å²) in [5.74, 6) is 0.690. The van der Waals surface area contributed by atoms with Gasteiger partial charge in [0.05, 0.1) is 12.0 Å². The van der Waals surface area contributed by atoms with Gasteiger partial charge in [-0.25, -0.2) is 4.68 Å². The number of anilines is 1. The van der Waals surface area contributed by atoms with Crippen LogP contribution in [-0.4, -0.2) is 52.9 Å². The summed E-state index contributed by atoms with van der Waals surface area (Å²) in [6, 6.07) is 7.61. The van der Waals surface area contributed by atoms with Gasteiger partial charge in [0.25, 0.3) is 0 Å². The number of methoxy groups -OCH3 is 1. The fourth-order valence-corrected chi connectivity index (χ4v) is 3.24. The molecule has 0 saturated carbocycles. The summed E-state index contributed by atoms with van der Waals surface area (Å²) >= 11 is 0. The maximum absolute atomic E-state index is 12.9. The lowest BCUT2D eigenvalue weighted by atomic mass is 9.78. The van der Waals surface area contributed by atoms with Crippen LogP contribution in [0.15, 0.2) is 24.3 Å². The molecule has 0 spiro atoms. The third kappa shape index (κ3) is 3.69. The molecule has 0 bridgehead atoms. The van der Waals surface area contributed by atoms with Gasteiger partial charge in [-0.15, -0.1) is 5.10 Å². The molecule has 3 rings (SSSR count). The maximum Gasteiger partial charge on any atom is 0.233 e. The van der Waals surface area contributed by atoms with Gasteiger partial charge >= 0.3 is 0 Å². The summed E-state index contributed by atoms with van der Waals surface area (Å²) < 4.78 is 7.06. The van der Waals surface area contributed by atoms with Crippen molar-refractivity contribution in [2.24, 2.45) is 5.41 Å². The monoisotopic (exact) mass is 344 g/mol. The van der Waals surface area contributed by atoms with Crippen LogP contribution >= 0.6 is 0 Å². The molecule has 8 heteroatoms. The molecular formula is C17H24N6O2. The second-order valence-corrected chi connectivity index (χ2v) is 6.32. The van der Waals surface area contributed by atoms with E-state index in [4.69, 9.17) is 4.74 Å². The summed E-state index contributed by atoms with van der Waals surface area (Å²) in [6.45, 7) is 4.73. The lowest BCUT2D eigenvalue weighted by Crippen LogP contribution is -2.47. The van der Waals surface area contributed by atoms with Crippen molar-refractivity contribution in [1.29, 1.82) is 0 Å². The predicted octanol–water partition coefficient (Wildman–Crippen LogP) is 1.31. The first kappa shape index (κ1) is 17.5. The number of nitrogens with zero attached hydrogens (tertiary/aromatic N) is 4. The van der Waals surface area contributed by atoms with Crippen molar-refractivity contribution in [3.05, 3.63) is 24.3 Å². The zero-order valence-corrected chi connectivity index (χ0v) is 14.7. The standard InChI is InChI=1S/C17H24N6O2/c1-3-23-15(20-21-22-23)13-5-4-6-14(11-13)19-16(24)17(12-25-2)7-9-18-10-8-17/h4-6,11,18H,3,7-10,12H2,1-2H3,(H,19,24). The molecule has 0 unspecified atom stereocenters. The van der Waals surface area contributed by atoms with E-state index in [0.29, 0.717) is 19.0 Å². The minimum Gasteiger partial charge on any atom is -0.384 e. The second kappa shape index (κ2) is 7.71. The van der Waals surface area contributed by atoms with E-state index in [1.54, 1.807) is 11.8 Å². The van der Waals surface area contributed by atoms with Crippen LogP contribution in [0.2, 0.25) is 0 Å². The highest BCUT2D eigenvalue weighted by atomic mass is 16.5. The van der Waals surface area contributed by atoms with Crippen LogP contribution in [0.1, 0.15) is 19.8 Å². The Balaban J connectivity index is 1.80. The fourth-order valence-electron chi connectivity index (χ4n) is 3.24. The summed E-state index contributed by atoms with van der Waals surface area (Å²) in [5, 5.41) is 18.1. The van der Waals surface area contributed by atoms with Crippen molar-refractivity contribution in [1.82, 2.24) is 25.5 Å². The number of aromatic nitrogens is 4. The number of tetrazole rings is 1. The highest BCUT2D eigenvalue weighted by Gasteiger charge is 2.39. The van der Waals surface area contributed by atoms with Gasteiger partial charge in [-0.05, 0) is 55.4 Å². The Morgan fingerprint density at radius 1 is 1.40 bits per heavy atom. The minimum absolute atomic E-state index is 0.00285. The van der Waals surface area contributed by atoms with Gasteiger partial charge in [0.1, 0.15) is 0 Å². The van der Waals surface area contributed by atoms with E-state index in [9.17, 15) is 4.79 Å². The molecule has 2 aromatic rings. The van der Waals surface area contributed by atoms with E-state index in [1.807, 2.05) is 31.2 Å². The van der Waals surface area contributed by atoms with E-state index in [-0.39, 0.29) is 5.91 Å². The van der Waals surface area contributed by atoms with E-state index in [1.165, 1.54) is 0 Å². The second-order valence-electron chi connectivity index (χ2n) is 6.32. The summed E-state index contributed by atoms with van der Waals surface area (Å²) in [5.41, 5.74) is 1.12. The number of nitrogens with one attached hydrogen (secondary N) is 2. The van der Waals surface area contributed by atoms with E-state index in [2.05, 4.69) is 26.2 Å². The Bertz CT molecular complexity index is 718. The SMILES string of the molecule is CCn1nnnc1-c1cccc(NC(=O)C2(COC)CCNCC2)c1. The number of hydrogen-bond acceptors (Lipinski definition) is 6. The van der Waals surface area contributed by atoms with Crippen LogP contribution in [0.25, 0.3) is 11.4 Å². The molecule has 0 atom stereocenters. The van der Waals surface area contributed by atoms with Crippen LogP contribution in [0, 0.1) is 5.41 Å². The summed E-state index contributed by atoms with van der Waals surface area (Å²) in [6.07, 6.45) is 1.53. The topological polar surface area (TPSA) is 94.0 Å². The molecule has 1 saturated heterocycles. The number of amides is 1. The number of piperidine rings is 1. The highest BCUT2D eigenvalue weighted by Crippen LogP contribution is 2.31. The number of benzene rings is 1. The third-order valence-electron chi connectivity index (χ3n) is 4.67. The molecule has 0 aliphatic carbocycles. The molecule has 1 aromatic carbocycles. The Labute approximate surface area is 146 Å². The quantitative estimate of drug-likeness (QED) is 0.821. The third-order valence-corrected chi connectivity index (χ3v) is 4.67. The lowest BCUT2D eigenvalue weighted by Gasteiger charge is -2.35. The van der Waals surface area contributed by atoms with Crippen molar-refractivity contribution in [2.45, 2.75) is 26.3 Å². The molecule has 0 radical (unpaired) electrons. The molecule has 25 heavy (non-hydrogen) atoms. The summed E-state index contributed by atoms with van der Waals surface area (Å²) in [7, 11) is 1.64. The van der Waals surface area contributed by atoms with Crippen molar-refractivity contribution >= 4 is 11.6 Å². The van der Waals surface area contributed by atoms with Crippen molar-refractivity contribution in [2.75, 3.05) is 32.1 Å². The number of aryl methyl sites for hydroxylation is 1. The molecular weight excluding hydrogens is 320 g/mol. The highest BCUT2D eigenvalue weighted by molar-refractivity contribution is 5.96. The number of carbonyl (C=O) groups is 1. The smallest absolute Gasteiger partial charge is 0.233 e. The molecule has 2 N–H and O–H groups in total. The zero-order valence-electron chi connectivity index (χ0n) is 14.7. The molecule has 2 heterocycles. The molecule has 8 nitrogen and oxygen atoms in total. The van der Waals surface area contributed by atoms with Crippen LogP contribution in [0.5, 0.6) is 0 Å². The fraction of sp³-hybridized carbons (Fsp3) is 0.529. The van der Waals surface area contributed by atoms with Gasteiger partial charge in [0, 0.05) is 24.9 Å². The van der Waals surface area contributed by atoms with Crippen LogP contribution in [0.3, 0.4) is 0 Å². The van der Waals surface area contributed by atoms with Crippen molar-refractivity contribution in [3.63, 3.8) is 0 Å². The van der Waals surface area contributed by atoms with Crippen LogP contribution < -0.4 is 10.6 Å². The Kier molecular flexibility index (Phi) is 5.40. The van der Waals surface area contributed by atoms with Gasteiger partial charge in [0.2, 0.25) is 5.91 Å². The van der Waals surface area contributed by atoms with Gasteiger partial charge in [-0.1, -0.05) is 12.1 Å². The average Bonchev–Trinajstić information content (AvgIpc) is 3.12. The molecule has 134 valence electrons. The average molecular weight is 344 g/mol. The normalized spacial score (nSPS) is 16.6. The minimum atomic E-state index is -0.485. The predicted molar refractivity (Wildman–Crippen MR) is 94.0 cm³/mol. The number of ether oxygens (including phenoxy) is 1. The number of rotatable bonds is 6. The van der Waals surface area contributed by atoms with Gasteiger partial charge in [-0.2, -0.15) is 0 Å². The Morgan fingerprint density at radius 3 is 2.92 bits per heavy atom. The molecule has 1 aliphatic rings. The Hall–Kier alpha value is -2.32. The molecule has 1 aromatic heterocycles. The van der Waals surface area contributed by atoms with Crippen LogP contribution in [0.4, 0.5) is 5.69 Å².